The van der Waals surface area contributed by atoms with E-state index in [2.05, 4.69) is 43.0 Å². The Balaban J connectivity index is 2.60. The maximum atomic E-state index is 5.67. The standard InChI is InChI=1S/C14H24N2O/c1-12(2)16(11-14(9-15)17-3)10-13-7-5-4-6-8-13/h4-8,12,14H,9-11,15H2,1-3H3. The summed E-state index contributed by atoms with van der Waals surface area (Å²) in [5.74, 6) is 0. The molecule has 0 bridgehead atoms. The van der Waals surface area contributed by atoms with Crippen molar-refractivity contribution in [2.24, 2.45) is 5.73 Å². The lowest BCUT2D eigenvalue weighted by Crippen LogP contribution is -2.40. The van der Waals surface area contributed by atoms with Crippen LogP contribution in [0.3, 0.4) is 0 Å². The van der Waals surface area contributed by atoms with E-state index in [0.29, 0.717) is 12.6 Å². The van der Waals surface area contributed by atoms with E-state index in [1.54, 1.807) is 7.11 Å². The number of nitrogens with two attached hydrogens (primary N) is 1. The van der Waals surface area contributed by atoms with E-state index < -0.39 is 0 Å². The lowest BCUT2D eigenvalue weighted by Gasteiger charge is -2.29. The Morgan fingerprint density at radius 1 is 1.24 bits per heavy atom. The summed E-state index contributed by atoms with van der Waals surface area (Å²) in [7, 11) is 1.72. The predicted molar refractivity (Wildman–Crippen MR) is 71.8 cm³/mol. The molecule has 0 amide bonds. The van der Waals surface area contributed by atoms with Crippen LogP contribution >= 0.6 is 0 Å². The van der Waals surface area contributed by atoms with Gasteiger partial charge in [-0.1, -0.05) is 30.3 Å². The van der Waals surface area contributed by atoms with Gasteiger partial charge in [-0.25, -0.2) is 0 Å². The predicted octanol–water partition coefficient (Wildman–Crippen LogP) is 1.87. The molecule has 0 saturated heterocycles. The molecule has 0 aromatic heterocycles. The fourth-order valence-electron chi connectivity index (χ4n) is 1.78. The van der Waals surface area contributed by atoms with Gasteiger partial charge in [0.05, 0.1) is 6.10 Å². The second-order valence-electron chi connectivity index (χ2n) is 4.60. The van der Waals surface area contributed by atoms with E-state index in [0.717, 1.165) is 13.1 Å². The Hall–Kier alpha value is -0.900. The highest BCUT2D eigenvalue weighted by Gasteiger charge is 2.15. The molecule has 17 heavy (non-hydrogen) atoms. The molecule has 2 N–H and O–H groups in total. The highest BCUT2D eigenvalue weighted by molar-refractivity contribution is 5.14. The number of nitrogens with zero attached hydrogens (tertiary/aromatic N) is 1. The van der Waals surface area contributed by atoms with Gasteiger partial charge in [-0.05, 0) is 19.4 Å². The Kier molecular flexibility index (Phi) is 6.19. The van der Waals surface area contributed by atoms with Crippen LogP contribution in [0.15, 0.2) is 30.3 Å². The van der Waals surface area contributed by atoms with E-state index in [1.807, 2.05) is 6.07 Å². The van der Waals surface area contributed by atoms with Crippen LogP contribution in [0.25, 0.3) is 0 Å². The third-order valence-corrected chi connectivity index (χ3v) is 2.99. The minimum absolute atomic E-state index is 0.112. The number of hydrogen-bond donors (Lipinski definition) is 1. The van der Waals surface area contributed by atoms with Gasteiger partial charge in [0, 0.05) is 32.8 Å². The third-order valence-electron chi connectivity index (χ3n) is 2.99. The van der Waals surface area contributed by atoms with Crippen LogP contribution in [0.4, 0.5) is 0 Å². The van der Waals surface area contributed by atoms with Crippen LogP contribution in [0.1, 0.15) is 19.4 Å². The minimum Gasteiger partial charge on any atom is -0.379 e. The van der Waals surface area contributed by atoms with Gasteiger partial charge in [-0.15, -0.1) is 0 Å². The molecule has 1 aromatic carbocycles. The fourth-order valence-corrected chi connectivity index (χ4v) is 1.78. The van der Waals surface area contributed by atoms with Crippen LogP contribution in [0.5, 0.6) is 0 Å². The van der Waals surface area contributed by atoms with Crippen LogP contribution < -0.4 is 5.73 Å². The molecular weight excluding hydrogens is 212 g/mol. The van der Waals surface area contributed by atoms with E-state index in [9.17, 15) is 0 Å². The van der Waals surface area contributed by atoms with E-state index >= 15 is 0 Å². The number of benzene rings is 1. The van der Waals surface area contributed by atoms with Crippen LogP contribution in [-0.2, 0) is 11.3 Å². The Morgan fingerprint density at radius 3 is 2.35 bits per heavy atom. The van der Waals surface area contributed by atoms with Crippen molar-refractivity contribution in [1.82, 2.24) is 4.90 Å². The SMILES string of the molecule is COC(CN)CN(Cc1ccccc1)C(C)C. The second-order valence-corrected chi connectivity index (χ2v) is 4.60. The number of rotatable bonds is 7. The summed E-state index contributed by atoms with van der Waals surface area (Å²) in [6.07, 6.45) is 0.112. The topological polar surface area (TPSA) is 38.5 Å². The molecule has 0 aliphatic carbocycles. The zero-order chi connectivity index (χ0) is 12.7. The van der Waals surface area contributed by atoms with Crippen molar-refractivity contribution >= 4 is 0 Å². The van der Waals surface area contributed by atoms with Crippen molar-refractivity contribution in [2.45, 2.75) is 32.5 Å². The van der Waals surface area contributed by atoms with Gasteiger partial charge in [0.1, 0.15) is 0 Å². The molecule has 3 nitrogen and oxygen atoms in total. The highest BCUT2D eigenvalue weighted by Crippen LogP contribution is 2.09. The monoisotopic (exact) mass is 236 g/mol. The Labute approximate surface area is 105 Å². The molecule has 1 rings (SSSR count). The lowest BCUT2D eigenvalue weighted by molar-refractivity contribution is 0.0558. The highest BCUT2D eigenvalue weighted by atomic mass is 16.5. The van der Waals surface area contributed by atoms with Crippen molar-refractivity contribution in [1.29, 1.82) is 0 Å². The molecule has 0 aliphatic heterocycles. The minimum atomic E-state index is 0.112. The molecule has 0 fully saturated rings. The van der Waals surface area contributed by atoms with Gasteiger partial charge in [0.2, 0.25) is 0 Å². The molecule has 1 aromatic rings. The number of methoxy groups -OCH3 is 1. The second kappa shape index (κ2) is 7.43. The average molecular weight is 236 g/mol. The van der Waals surface area contributed by atoms with E-state index in [4.69, 9.17) is 10.5 Å². The molecule has 0 radical (unpaired) electrons. The smallest absolute Gasteiger partial charge is 0.0820 e. The molecular formula is C14H24N2O. The lowest BCUT2D eigenvalue weighted by atomic mass is 10.1. The molecule has 1 atom stereocenters. The molecule has 0 spiro atoms. The van der Waals surface area contributed by atoms with Crippen molar-refractivity contribution in [3.8, 4) is 0 Å². The maximum absolute atomic E-state index is 5.67. The zero-order valence-corrected chi connectivity index (χ0v) is 11.1. The summed E-state index contributed by atoms with van der Waals surface area (Å²) >= 11 is 0. The van der Waals surface area contributed by atoms with Crippen molar-refractivity contribution < 1.29 is 4.74 Å². The van der Waals surface area contributed by atoms with E-state index in [1.165, 1.54) is 5.56 Å². The summed E-state index contributed by atoms with van der Waals surface area (Å²) in [4.78, 5) is 2.39. The van der Waals surface area contributed by atoms with Gasteiger partial charge in [-0.3, -0.25) is 4.90 Å². The van der Waals surface area contributed by atoms with Crippen molar-refractivity contribution in [3.63, 3.8) is 0 Å². The third kappa shape index (κ3) is 4.86. The molecule has 0 saturated carbocycles. The largest absolute Gasteiger partial charge is 0.379 e. The van der Waals surface area contributed by atoms with Crippen molar-refractivity contribution in [2.75, 3.05) is 20.2 Å². The van der Waals surface area contributed by atoms with Crippen LogP contribution in [-0.4, -0.2) is 37.2 Å². The summed E-state index contributed by atoms with van der Waals surface area (Å²) in [5.41, 5.74) is 7.00. The first kappa shape index (κ1) is 14.2. The van der Waals surface area contributed by atoms with Crippen LogP contribution in [0.2, 0.25) is 0 Å². The fraction of sp³-hybridized carbons (Fsp3) is 0.571. The first-order valence-corrected chi connectivity index (χ1v) is 6.18. The molecule has 3 heteroatoms. The van der Waals surface area contributed by atoms with Crippen molar-refractivity contribution in [3.05, 3.63) is 35.9 Å². The Bertz CT molecular complexity index is 296. The van der Waals surface area contributed by atoms with Gasteiger partial charge < -0.3 is 10.5 Å². The first-order valence-electron chi connectivity index (χ1n) is 6.18. The zero-order valence-electron chi connectivity index (χ0n) is 11.1. The van der Waals surface area contributed by atoms with Gasteiger partial charge in [-0.2, -0.15) is 0 Å². The molecule has 96 valence electrons. The molecule has 0 aliphatic rings. The Morgan fingerprint density at radius 2 is 1.88 bits per heavy atom. The summed E-state index contributed by atoms with van der Waals surface area (Å²) in [5, 5.41) is 0. The van der Waals surface area contributed by atoms with E-state index in [-0.39, 0.29) is 6.10 Å². The maximum Gasteiger partial charge on any atom is 0.0820 e. The quantitative estimate of drug-likeness (QED) is 0.785. The summed E-state index contributed by atoms with van der Waals surface area (Å²) in [6, 6.07) is 11.0. The number of ether oxygens (including phenoxy) is 1. The number of hydrogen-bond acceptors (Lipinski definition) is 3. The first-order chi connectivity index (χ1) is 8.17. The average Bonchev–Trinajstić information content (AvgIpc) is 2.35. The van der Waals surface area contributed by atoms with Gasteiger partial charge in [0.15, 0.2) is 0 Å². The van der Waals surface area contributed by atoms with Gasteiger partial charge >= 0.3 is 0 Å². The van der Waals surface area contributed by atoms with Crippen LogP contribution in [0, 0.1) is 0 Å². The van der Waals surface area contributed by atoms with Gasteiger partial charge in [0.25, 0.3) is 0 Å². The summed E-state index contributed by atoms with van der Waals surface area (Å²) in [6.45, 7) is 6.78. The molecule has 0 heterocycles. The normalized spacial score (nSPS) is 13.3. The molecule has 1 unspecified atom stereocenters. The summed E-state index contributed by atoms with van der Waals surface area (Å²) < 4.78 is 5.35.